The minimum atomic E-state index is -0.749. The number of rotatable bonds is 7. The van der Waals surface area contributed by atoms with Gasteiger partial charge in [0.15, 0.2) is 11.5 Å². The normalized spacial score (nSPS) is 16.8. The maximum atomic E-state index is 12.0. The lowest BCUT2D eigenvalue weighted by molar-refractivity contribution is -0.119. The number of likely N-dealkylation sites (tertiary alicyclic amines) is 1. The third-order valence-corrected chi connectivity index (χ3v) is 5.02. The van der Waals surface area contributed by atoms with Gasteiger partial charge in [0.25, 0.3) is 5.91 Å². The molecule has 1 aromatic heterocycles. The molecule has 0 spiro atoms. The first-order valence-electron chi connectivity index (χ1n) is 9.33. The van der Waals surface area contributed by atoms with Gasteiger partial charge in [-0.15, -0.1) is 0 Å². The average Bonchev–Trinajstić information content (AvgIpc) is 3.13. The first-order chi connectivity index (χ1) is 13.0. The largest absolute Gasteiger partial charge is 0.368 e. The molecule has 0 unspecified atom stereocenters. The van der Waals surface area contributed by atoms with Gasteiger partial charge in [-0.05, 0) is 50.8 Å². The molecule has 27 heavy (non-hydrogen) atoms. The monoisotopic (exact) mass is 370 g/mol. The van der Waals surface area contributed by atoms with E-state index in [1.54, 1.807) is 6.07 Å². The van der Waals surface area contributed by atoms with E-state index < -0.39 is 17.9 Å². The van der Waals surface area contributed by atoms with Crippen LogP contribution in [0.15, 0.2) is 40.9 Å². The molecule has 2 aromatic rings. The van der Waals surface area contributed by atoms with Gasteiger partial charge in [0.2, 0.25) is 5.91 Å². The molecular formula is C20H26N4O3. The summed E-state index contributed by atoms with van der Waals surface area (Å²) in [6, 6.07) is 11.5. The zero-order chi connectivity index (χ0) is 19.2. The van der Waals surface area contributed by atoms with Gasteiger partial charge in [-0.25, -0.2) is 0 Å². The molecule has 7 nitrogen and oxygen atoms in total. The number of piperidine rings is 1. The molecule has 0 saturated carbocycles. The third kappa shape index (κ3) is 5.40. The number of amides is 2. The van der Waals surface area contributed by atoms with E-state index in [4.69, 9.17) is 10.3 Å². The van der Waals surface area contributed by atoms with E-state index in [-0.39, 0.29) is 5.69 Å². The summed E-state index contributed by atoms with van der Waals surface area (Å²) in [4.78, 5) is 25.4. The van der Waals surface area contributed by atoms with E-state index in [9.17, 15) is 9.59 Å². The first kappa shape index (κ1) is 19.1. The van der Waals surface area contributed by atoms with Gasteiger partial charge in [-0.1, -0.05) is 35.5 Å². The number of primary amides is 1. The Labute approximate surface area is 158 Å². The summed E-state index contributed by atoms with van der Waals surface area (Å²) in [5.74, 6) is 0.298. The van der Waals surface area contributed by atoms with E-state index in [0.29, 0.717) is 18.2 Å². The van der Waals surface area contributed by atoms with Crippen molar-refractivity contribution in [1.29, 1.82) is 0 Å². The minimum absolute atomic E-state index is 0.164. The Morgan fingerprint density at radius 1 is 1.30 bits per heavy atom. The van der Waals surface area contributed by atoms with Crippen molar-refractivity contribution in [2.24, 2.45) is 11.7 Å². The molecule has 1 aliphatic rings. The summed E-state index contributed by atoms with van der Waals surface area (Å²) < 4.78 is 5.28. The Kier molecular flexibility index (Phi) is 6.24. The highest BCUT2D eigenvalue weighted by Gasteiger charge is 2.22. The highest BCUT2D eigenvalue weighted by molar-refractivity contribution is 5.95. The number of hydrogen-bond acceptors (Lipinski definition) is 5. The van der Waals surface area contributed by atoms with Crippen molar-refractivity contribution in [3.05, 3.63) is 53.4 Å². The fourth-order valence-electron chi connectivity index (χ4n) is 3.35. The van der Waals surface area contributed by atoms with Gasteiger partial charge in [0, 0.05) is 6.07 Å². The Balaban J connectivity index is 1.46. The van der Waals surface area contributed by atoms with E-state index in [1.165, 1.54) is 12.5 Å². The molecule has 1 saturated heterocycles. The van der Waals surface area contributed by atoms with Gasteiger partial charge in [0.1, 0.15) is 6.04 Å². The first-order valence-corrected chi connectivity index (χ1v) is 9.33. The lowest BCUT2D eigenvalue weighted by Gasteiger charge is -2.31. The molecule has 144 valence electrons. The highest BCUT2D eigenvalue weighted by atomic mass is 16.5. The van der Waals surface area contributed by atoms with Gasteiger partial charge < -0.3 is 15.6 Å². The predicted molar refractivity (Wildman–Crippen MR) is 101 cm³/mol. The summed E-state index contributed by atoms with van der Waals surface area (Å²) >= 11 is 0. The Morgan fingerprint density at radius 3 is 2.67 bits per heavy atom. The molecule has 7 heteroatoms. The molecule has 1 aromatic carbocycles. The summed E-state index contributed by atoms with van der Waals surface area (Å²) in [7, 11) is 0. The zero-order valence-corrected chi connectivity index (χ0v) is 15.6. The van der Waals surface area contributed by atoms with E-state index >= 15 is 0 Å². The quantitative estimate of drug-likeness (QED) is 0.773. The molecule has 1 aliphatic heterocycles. The number of carbonyl (C=O) groups is 2. The average molecular weight is 370 g/mol. The van der Waals surface area contributed by atoms with Crippen LogP contribution in [-0.2, 0) is 17.8 Å². The van der Waals surface area contributed by atoms with E-state index in [0.717, 1.165) is 32.4 Å². The third-order valence-electron chi connectivity index (χ3n) is 5.02. The summed E-state index contributed by atoms with van der Waals surface area (Å²) in [6.07, 6.45) is 3.42. The Morgan fingerprint density at radius 2 is 2.00 bits per heavy atom. The van der Waals surface area contributed by atoms with Crippen molar-refractivity contribution >= 4 is 11.8 Å². The predicted octanol–water partition coefficient (Wildman–Crippen LogP) is 1.73. The SMILES string of the molecule is C[C@H](NC(=O)c1cc(CN2CCC(Cc3ccccc3)CC2)on1)C(N)=O. The number of aromatic nitrogens is 1. The van der Waals surface area contributed by atoms with Crippen LogP contribution in [0.2, 0.25) is 0 Å². The summed E-state index contributed by atoms with van der Waals surface area (Å²) in [5, 5.41) is 6.29. The minimum Gasteiger partial charge on any atom is -0.368 e. The maximum absolute atomic E-state index is 12.0. The smallest absolute Gasteiger partial charge is 0.274 e. The molecule has 3 rings (SSSR count). The van der Waals surface area contributed by atoms with Crippen molar-refractivity contribution in [3.8, 4) is 0 Å². The van der Waals surface area contributed by atoms with Crippen LogP contribution in [0.1, 0.15) is 41.6 Å². The van der Waals surface area contributed by atoms with Crippen LogP contribution in [0.5, 0.6) is 0 Å². The van der Waals surface area contributed by atoms with E-state index in [2.05, 4.69) is 39.6 Å². The van der Waals surface area contributed by atoms with Crippen LogP contribution < -0.4 is 11.1 Å². The molecular weight excluding hydrogens is 344 g/mol. The molecule has 2 amide bonds. The lowest BCUT2D eigenvalue weighted by atomic mass is 9.90. The molecule has 3 N–H and O–H groups in total. The topological polar surface area (TPSA) is 101 Å². The number of benzene rings is 1. The van der Waals surface area contributed by atoms with Gasteiger partial charge >= 0.3 is 0 Å². The summed E-state index contributed by atoms with van der Waals surface area (Å²) in [6.45, 7) is 4.15. The molecule has 1 atom stereocenters. The number of nitrogens with two attached hydrogens (primary N) is 1. The second kappa shape index (κ2) is 8.81. The molecule has 0 bridgehead atoms. The van der Waals surface area contributed by atoms with E-state index in [1.807, 2.05) is 6.07 Å². The van der Waals surface area contributed by atoms with Crippen molar-refractivity contribution in [1.82, 2.24) is 15.4 Å². The molecule has 0 radical (unpaired) electrons. The maximum Gasteiger partial charge on any atom is 0.274 e. The molecule has 0 aliphatic carbocycles. The Bertz CT molecular complexity index is 767. The van der Waals surface area contributed by atoms with Crippen LogP contribution in [0.4, 0.5) is 0 Å². The van der Waals surface area contributed by atoms with Crippen LogP contribution >= 0.6 is 0 Å². The fraction of sp³-hybridized carbons (Fsp3) is 0.450. The highest BCUT2D eigenvalue weighted by Crippen LogP contribution is 2.23. The zero-order valence-electron chi connectivity index (χ0n) is 15.6. The second-order valence-electron chi connectivity index (χ2n) is 7.19. The second-order valence-corrected chi connectivity index (χ2v) is 7.19. The van der Waals surface area contributed by atoms with Gasteiger partial charge in [-0.2, -0.15) is 0 Å². The summed E-state index contributed by atoms with van der Waals surface area (Å²) in [5.41, 5.74) is 6.71. The van der Waals surface area contributed by atoms with Crippen molar-refractivity contribution < 1.29 is 14.1 Å². The van der Waals surface area contributed by atoms with Crippen LogP contribution in [-0.4, -0.2) is 41.0 Å². The van der Waals surface area contributed by atoms with Crippen LogP contribution in [0.25, 0.3) is 0 Å². The molecule has 2 heterocycles. The fourth-order valence-corrected chi connectivity index (χ4v) is 3.35. The lowest BCUT2D eigenvalue weighted by Crippen LogP contribution is -2.42. The number of nitrogens with zero attached hydrogens (tertiary/aromatic N) is 2. The number of carbonyl (C=O) groups excluding carboxylic acids is 2. The van der Waals surface area contributed by atoms with Crippen LogP contribution in [0, 0.1) is 5.92 Å². The van der Waals surface area contributed by atoms with Gasteiger partial charge in [0.05, 0.1) is 6.54 Å². The Hall–Kier alpha value is -2.67. The van der Waals surface area contributed by atoms with Crippen molar-refractivity contribution in [2.75, 3.05) is 13.1 Å². The number of hydrogen-bond donors (Lipinski definition) is 2. The standard InChI is InChI=1S/C20H26N4O3/c1-14(19(21)25)22-20(26)18-12-17(27-23-18)13-24-9-7-16(8-10-24)11-15-5-3-2-4-6-15/h2-6,12,14,16H,7-11,13H2,1H3,(H2,21,25)(H,22,26)/t14-/m0/s1. The van der Waals surface area contributed by atoms with Crippen LogP contribution in [0.3, 0.4) is 0 Å². The van der Waals surface area contributed by atoms with Gasteiger partial charge in [-0.3, -0.25) is 14.5 Å². The van der Waals surface area contributed by atoms with Crippen molar-refractivity contribution in [2.45, 2.75) is 38.8 Å². The van der Waals surface area contributed by atoms with Crippen molar-refractivity contribution in [3.63, 3.8) is 0 Å². The number of nitrogens with one attached hydrogen (secondary N) is 1. The molecule has 1 fully saturated rings.